The van der Waals surface area contributed by atoms with Crippen LogP contribution in [0.4, 0.5) is 123 Å². The quantitative estimate of drug-likeness (QED) is 0.0801. The predicted octanol–water partition coefficient (Wildman–Crippen LogP) is 24.0. The third-order valence-corrected chi connectivity index (χ3v) is 25.5. The molecule has 20 atom stereocenters. The highest BCUT2D eigenvalue weighted by Crippen LogP contribution is 2.52. The summed E-state index contributed by atoms with van der Waals surface area (Å²) in [6.45, 7) is 12.5. The minimum atomic E-state index is -4.95. The Balaban J connectivity index is 0.000000151. The zero-order valence-electron chi connectivity index (χ0n) is 71.0. The summed E-state index contributed by atoms with van der Waals surface area (Å²) in [5.41, 5.74) is -9.31. The average Bonchev–Trinajstić information content (AvgIpc) is 1.69. The number of fused-ring (bicyclic) bond motifs is 4. The van der Waals surface area contributed by atoms with Crippen molar-refractivity contribution in [3.05, 3.63) is 282 Å². The smallest absolute Gasteiger partial charge is 0.352 e. The van der Waals surface area contributed by atoms with E-state index >= 15 is 0 Å². The molecule has 0 unspecified atom stereocenters. The van der Waals surface area contributed by atoms with Crippen LogP contribution >= 0.6 is 0 Å². The van der Waals surface area contributed by atoms with Crippen molar-refractivity contribution in [2.24, 2.45) is 47.3 Å². The molecule has 40 heteroatoms. The fourth-order valence-electron chi connectivity index (χ4n) is 18.7. The van der Waals surface area contributed by atoms with E-state index in [2.05, 4.69) is 20.9 Å². The van der Waals surface area contributed by atoms with Gasteiger partial charge in [-0.2, -0.15) is 105 Å². The van der Waals surface area contributed by atoms with E-state index in [0.717, 1.165) is 28.8 Å². The molecular weight excluding hydrogens is 1830 g/mol. The Morgan fingerprint density at radius 1 is 0.263 bits per heavy atom. The molecule has 8 aliphatic heterocycles. The third kappa shape index (κ3) is 25.0. The number of rotatable bonds is 16. The van der Waals surface area contributed by atoms with E-state index in [0.29, 0.717) is 121 Å². The first-order valence-electron chi connectivity index (χ1n) is 42.2. The second-order valence-electron chi connectivity index (χ2n) is 34.5. The Kier molecular flexibility index (Phi) is 31.0. The summed E-state index contributed by atoms with van der Waals surface area (Å²) < 4.78 is 420. The molecule has 0 aromatic heterocycles. The fourth-order valence-corrected chi connectivity index (χ4v) is 18.7. The van der Waals surface area contributed by atoms with E-state index in [1.165, 1.54) is 76.2 Å². The lowest BCUT2D eigenvalue weighted by Crippen LogP contribution is -2.42. The van der Waals surface area contributed by atoms with E-state index < -0.39 is 167 Å². The minimum Gasteiger partial charge on any atom is -0.352 e. The van der Waals surface area contributed by atoms with Crippen LogP contribution in [0.2, 0.25) is 0 Å². The van der Waals surface area contributed by atoms with Gasteiger partial charge in [0.15, 0.2) is 25.2 Å². The van der Waals surface area contributed by atoms with Crippen LogP contribution in [0.1, 0.15) is 165 Å². The maximum atomic E-state index is 13.5. The van der Waals surface area contributed by atoms with Gasteiger partial charge in [0.1, 0.15) is 23.3 Å². The molecule has 8 heterocycles. The number of halogens is 28. The molecule has 0 bridgehead atoms. The molecule has 0 radical (unpaired) electrons. The van der Waals surface area contributed by atoms with Crippen LogP contribution in [-0.2, 0) is 87.3 Å². The molecule has 0 amide bonds. The molecule has 8 fully saturated rings. The molecule has 726 valence electrons. The first kappa shape index (κ1) is 102. The topological polar surface area (TPSA) is 113 Å². The summed E-state index contributed by atoms with van der Waals surface area (Å²) >= 11 is 0. The van der Waals surface area contributed by atoms with Crippen LogP contribution < -0.4 is 16.0 Å². The first-order chi connectivity index (χ1) is 62.1. The Morgan fingerprint density at radius 2 is 0.451 bits per heavy atom. The highest BCUT2D eigenvalue weighted by atomic mass is 19.4. The van der Waals surface area contributed by atoms with Crippen molar-refractivity contribution in [1.29, 1.82) is 0 Å². The molecule has 3 N–H and O–H groups in total. The van der Waals surface area contributed by atoms with Gasteiger partial charge in [-0.15, -0.1) is 0 Å². The van der Waals surface area contributed by atoms with Crippen LogP contribution in [0.3, 0.4) is 0 Å². The molecule has 0 aliphatic carbocycles. The largest absolute Gasteiger partial charge is 0.416 e. The second-order valence-corrected chi connectivity index (χ2v) is 34.5. The lowest BCUT2D eigenvalue weighted by atomic mass is 9.77. The number of nitrogens with zero attached hydrogens (tertiary/aromatic N) is 1. The van der Waals surface area contributed by atoms with Crippen LogP contribution in [0, 0.1) is 70.6 Å². The maximum Gasteiger partial charge on any atom is 0.416 e. The van der Waals surface area contributed by atoms with Crippen LogP contribution in [0.15, 0.2) is 170 Å². The van der Waals surface area contributed by atoms with Gasteiger partial charge in [0.2, 0.25) is 0 Å². The normalized spacial score (nSPS) is 26.8. The number of likely N-dealkylation sites (tertiary alicyclic amines) is 1. The minimum absolute atomic E-state index is 0.0636. The Morgan fingerprint density at radius 3 is 0.647 bits per heavy atom. The number of benzene rings is 8. The summed E-state index contributed by atoms with van der Waals surface area (Å²) in [5.74, 6) is -2.20. The molecule has 8 aliphatic rings. The fraction of sp³-hybridized carbons (Fsp3) is 0.484. The van der Waals surface area contributed by atoms with Crippen LogP contribution in [0.5, 0.6) is 0 Å². The van der Waals surface area contributed by atoms with Crippen LogP contribution in [-0.4, -0.2) is 116 Å². The maximum absolute atomic E-state index is 13.5. The number of hydrogen-bond acceptors (Lipinski definition) is 12. The van der Waals surface area contributed by atoms with E-state index in [1.54, 1.807) is 48.5 Å². The van der Waals surface area contributed by atoms with E-state index in [-0.39, 0.29) is 118 Å². The molecule has 8 saturated heterocycles. The van der Waals surface area contributed by atoms with E-state index in [9.17, 15) is 123 Å². The number of alkyl halides is 24. The van der Waals surface area contributed by atoms with Crippen molar-refractivity contribution in [1.82, 2.24) is 20.9 Å². The number of nitrogens with one attached hydrogen (secondary N) is 3. The zero-order valence-corrected chi connectivity index (χ0v) is 71.0. The second kappa shape index (κ2) is 40.5. The molecule has 8 aromatic rings. The lowest BCUT2D eigenvalue weighted by Gasteiger charge is -2.40. The molecule has 0 spiro atoms. The molecule has 0 saturated carbocycles. The third-order valence-electron chi connectivity index (χ3n) is 25.5. The highest BCUT2D eigenvalue weighted by molar-refractivity contribution is 5.40. The van der Waals surface area contributed by atoms with Crippen molar-refractivity contribution >= 4 is 0 Å². The van der Waals surface area contributed by atoms with Crippen molar-refractivity contribution < 1.29 is 161 Å². The predicted molar refractivity (Wildman–Crippen MR) is 423 cm³/mol. The number of ether oxygens (including phenoxy) is 8. The Labute approximate surface area is 744 Å². The van der Waals surface area contributed by atoms with Gasteiger partial charge in [-0.25, -0.2) is 17.6 Å². The molecular formula is C93H90F28N4O8. The van der Waals surface area contributed by atoms with Gasteiger partial charge in [0.25, 0.3) is 0 Å². The lowest BCUT2D eigenvalue weighted by molar-refractivity contribution is -0.217. The van der Waals surface area contributed by atoms with Gasteiger partial charge in [0, 0.05) is 56.4 Å². The summed E-state index contributed by atoms with van der Waals surface area (Å²) in [6, 6.07) is 28.8. The van der Waals surface area contributed by atoms with Crippen molar-refractivity contribution in [2.45, 2.75) is 150 Å². The molecule has 133 heavy (non-hydrogen) atoms. The summed E-state index contributed by atoms with van der Waals surface area (Å²) in [5, 5.41) is 9.81. The van der Waals surface area contributed by atoms with Gasteiger partial charge in [-0.1, -0.05) is 48.5 Å². The van der Waals surface area contributed by atoms with Crippen LogP contribution in [0.25, 0.3) is 0 Å². The highest BCUT2D eigenvalue weighted by Gasteiger charge is 2.52. The standard InChI is InChI=1S/C24H24F7NO2.3C23H22F7NO2/c1-13(15-7-17(23(26,27)28)9-18(8-15)24(29,30)31)34-22-21(14-3-5-19(25)6-4-14)20-11-32(2)10-16(20)12-33-22;3*1-12(14-6-16(22(25,26)27)8-17(7-14)23(28,29)30)33-21-20(13-2-4-18(24)5-3-13)19-10-31-9-15(19)11-32-21/h3-9,13,16,20-22H,10-12H2,1-2H3;3*2-8,12,15,19-21,31H,9-11H2,1H3/t13-,16-,20-,21+,22-;12-,15+,19+,20-,21+;2*12-,15-,19-,20+,21-/m1010/s1. The molecule has 8 aromatic carbocycles. The Bertz CT molecular complexity index is 4700. The van der Waals surface area contributed by atoms with Gasteiger partial charge in [-0.05, 0) is 268 Å². The SMILES string of the molecule is C[C@@H](O[C@H]1OC[C@H]2CN(C)C[C@H]2[C@@H]1c1ccc(F)cc1)c1cc(C(F)(F)F)cc(C(F)(F)F)c1.C[C@@H](O[C@H]1OC[C@H]2CNC[C@H]2[C@@H]1c1ccc(F)cc1)c1cc(C(F)(F)F)cc(C(F)(F)F)c1.C[C@H](O[C@@H]1OC[C@@H]2CNC[C@@H]2[C@H]1c1ccc(F)cc1)c1cc(C(F)(F)F)cc(C(F)(F)F)c1.C[C@H](O[C@H]1OC[C@H]2CNC[C@H]2[C@@H]1c1ccc(F)cc1)c1cc(C(F)(F)F)cc(C(F)(F)F)c1. The number of hydrogen-bond donors (Lipinski definition) is 3. The first-order valence-corrected chi connectivity index (χ1v) is 42.2. The van der Waals surface area contributed by atoms with Gasteiger partial charge in [-0.3, -0.25) is 0 Å². The summed E-state index contributed by atoms with van der Waals surface area (Å²) in [7, 11) is 1.96. The average molecular weight is 1920 g/mol. The Hall–Kier alpha value is -8.68. The van der Waals surface area contributed by atoms with E-state index in [4.69, 9.17) is 37.9 Å². The summed E-state index contributed by atoms with van der Waals surface area (Å²) in [4.78, 5) is 2.13. The van der Waals surface area contributed by atoms with Gasteiger partial charge >= 0.3 is 49.4 Å². The van der Waals surface area contributed by atoms with Crippen molar-refractivity contribution in [3.8, 4) is 0 Å². The zero-order chi connectivity index (χ0) is 96.7. The van der Waals surface area contributed by atoms with Gasteiger partial charge in [0.05, 0.1) is 95.4 Å². The van der Waals surface area contributed by atoms with Crippen molar-refractivity contribution in [2.75, 3.05) is 85.8 Å². The monoisotopic (exact) mass is 1920 g/mol. The molecule has 12 nitrogen and oxygen atoms in total. The summed E-state index contributed by atoms with van der Waals surface area (Å²) in [6.07, 6.45) is -47.7. The molecule has 16 rings (SSSR count). The van der Waals surface area contributed by atoms with Crippen molar-refractivity contribution in [3.63, 3.8) is 0 Å². The van der Waals surface area contributed by atoms with Gasteiger partial charge < -0.3 is 58.7 Å². The van der Waals surface area contributed by atoms with E-state index in [1.807, 2.05) is 7.05 Å².